The van der Waals surface area contributed by atoms with Crippen LogP contribution in [0.5, 0.6) is 0 Å². The number of thiophene rings is 1. The average molecular weight is 479 g/mol. The zero-order valence-electron chi connectivity index (χ0n) is 18.6. The Morgan fingerprint density at radius 1 is 1.19 bits per heavy atom. The van der Waals surface area contributed by atoms with E-state index < -0.39 is 16.1 Å². The van der Waals surface area contributed by atoms with E-state index in [1.165, 1.54) is 0 Å². The van der Waals surface area contributed by atoms with E-state index in [1.807, 2.05) is 17.7 Å². The standard InChI is InChI=1S/C23H30N2O5S2/c1-4-5-12-30-23(27)25-32(28,29)22-20(14-19(31-22)13-15(2)3)16-6-8-17(9-7-16)21(26)24-18-10-11-18/h6-9,14-15,18H,4-5,10-13H2,1-3H3,(H,24,26)(H,25,27). The van der Waals surface area contributed by atoms with E-state index in [4.69, 9.17) is 4.74 Å². The molecule has 1 saturated carbocycles. The molecule has 2 amide bonds. The summed E-state index contributed by atoms with van der Waals surface area (Å²) in [6.07, 6.45) is 3.25. The van der Waals surface area contributed by atoms with Gasteiger partial charge < -0.3 is 10.1 Å². The number of unbranched alkanes of at least 4 members (excludes halogenated alkanes) is 1. The van der Waals surface area contributed by atoms with Crippen LogP contribution in [0.25, 0.3) is 11.1 Å². The van der Waals surface area contributed by atoms with Gasteiger partial charge >= 0.3 is 6.09 Å². The highest BCUT2D eigenvalue weighted by Crippen LogP contribution is 2.36. The number of hydrogen-bond acceptors (Lipinski definition) is 6. The number of benzene rings is 1. The predicted molar refractivity (Wildman–Crippen MR) is 125 cm³/mol. The van der Waals surface area contributed by atoms with Crippen molar-refractivity contribution < 1.29 is 22.7 Å². The molecule has 0 aliphatic heterocycles. The molecule has 0 atom stereocenters. The summed E-state index contributed by atoms with van der Waals surface area (Å²) in [5.74, 6) is 0.215. The summed E-state index contributed by atoms with van der Waals surface area (Å²) in [7, 11) is -4.11. The van der Waals surface area contributed by atoms with Crippen LogP contribution in [0.15, 0.2) is 34.5 Å². The van der Waals surface area contributed by atoms with Gasteiger partial charge in [0, 0.05) is 22.0 Å². The van der Waals surface area contributed by atoms with Crippen LogP contribution in [0.2, 0.25) is 0 Å². The molecular formula is C23H30N2O5S2. The highest BCUT2D eigenvalue weighted by atomic mass is 32.2. The smallest absolute Gasteiger partial charge is 0.421 e. The lowest BCUT2D eigenvalue weighted by molar-refractivity contribution is 0.0951. The topological polar surface area (TPSA) is 102 Å². The normalized spacial score (nSPS) is 13.8. The molecule has 1 aromatic carbocycles. The van der Waals surface area contributed by atoms with Gasteiger partial charge in [0.2, 0.25) is 0 Å². The Bertz CT molecular complexity index is 1050. The monoisotopic (exact) mass is 478 g/mol. The Morgan fingerprint density at radius 2 is 1.88 bits per heavy atom. The minimum absolute atomic E-state index is 0.0655. The Hall–Kier alpha value is -2.39. The number of ether oxygens (including phenoxy) is 1. The lowest BCUT2D eigenvalue weighted by Gasteiger charge is -2.09. The largest absolute Gasteiger partial charge is 0.449 e. The fourth-order valence-corrected chi connectivity index (χ4v) is 5.96. The Labute approximate surface area is 193 Å². The van der Waals surface area contributed by atoms with Gasteiger partial charge in [-0.2, -0.15) is 0 Å². The molecule has 1 aromatic heterocycles. The lowest BCUT2D eigenvalue weighted by atomic mass is 10.0. The van der Waals surface area contributed by atoms with Gasteiger partial charge in [0.1, 0.15) is 4.21 Å². The minimum atomic E-state index is -4.11. The molecular weight excluding hydrogens is 448 g/mol. The van der Waals surface area contributed by atoms with Gasteiger partial charge in [-0.1, -0.05) is 39.3 Å². The second-order valence-electron chi connectivity index (χ2n) is 8.43. The van der Waals surface area contributed by atoms with Crippen molar-refractivity contribution in [3.05, 3.63) is 40.8 Å². The molecule has 3 rings (SSSR count). The highest BCUT2D eigenvalue weighted by molar-refractivity contribution is 7.92. The van der Waals surface area contributed by atoms with Crippen molar-refractivity contribution in [2.24, 2.45) is 5.92 Å². The zero-order chi connectivity index (χ0) is 23.3. The van der Waals surface area contributed by atoms with E-state index >= 15 is 0 Å². The quantitative estimate of drug-likeness (QED) is 0.481. The van der Waals surface area contributed by atoms with Crippen LogP contribution in [0.4, 0.5) is 4.79 Å². The number of carbonyl (C=O) groups is 2. The first-order valence-electron chi connectivity index (χ1n) is 10.9. The van der Waals surface area contributed by atoms with Crippen LogP contribution in [0.3, 0.4) is 0 Å². The maximum absolute atomic E-state index is 13.0. The van der Waals surface area contributed by atoms with Gasteiger partial charge in [0.15, 0.2) is 0 Å². The van der Waals surface area contributed by atoms with Gasteiger partial charge in [-0.15, -0.1) is 11.3 Å². The molecule has 0 saturated heterocycles. The molecule has 2 N–H and O–H groups in total. The van der Waals surface area contributed by atoms with Crippen LogP contribution in [-0.2, 0) is 21.2 Å². The molecule has 1 fully saturated rings. The molecule has 0 bridgehead atoms. The minimum Gasteiger partial charge on any atom is -0.449 e. The van der Waals surface area contributed by atoms with E-state index in [-0.39, 0.29) is 22.8 Å². The third-order valence-electron chi connectivity index (χ3n) is 4.92. The molecule has 0 unspecified atom stereocenters. The van der Waals surface area contributed by atoms with Crippen LogP contribution < -0.4 is 10.0 Å². The van der Waals surface area contributed by atoms with Crippen molar-refractivity contribution in [1.29, 1.82) is 0 Å². The third-order valence-corrected chi connectivity index (χ3v) is 7.93. The molecule has 0 spiro atoms. The van der Waals surface area contributed by atoms with Gasteiger partial charge in [-0.05, 0) is 55.4 Å². The first-order valence-corrected chi connectivity index (χ1v) is 13.2. The van der Waals surface area contributed by atoms with Crippen molar-refractivity contribution >= 4 is 33.4 Å². The van der Waals surface area contributed by atoms with Crippen molar-refractivity contribution in [2.45, 2.75) is 63.1 Å². The Kier molecular flexibility index (Phi) is 7.95. The summed E-state index contributed by atoms with van der Waals surface area (Å²) in [5.41, 5.74) is 1.70. The SMILES string of the molecule is CCCCOC(=O)NS(=O)(=O)c1sc(CC(C)C)cc1-c1ccc(C(=O)NC2CC2)cc1. The Balaban J connectivity index is 1.86. The van der Waals surface area contributed by atoms with Crippen LogP contribution in [0, 0.1) is 5.92 Å². The molecule has 1 aliphatic carbocycles. The maximum Gasteiger partial charge on any atom is 0.421 e. The van der Waals surface area contributed by atoms with Crippen LogP contribution in [-0.4, -0.2) is 33.1 Å². The fraction of sp³-hybridized carbons (Fsp3) is 0.478. The molecule has 7 nitrogen and oxygen atoms in total. The van der Waals surface area contributed by atoms with E-state index in [9.17, 15) is 18.0 Å². The van der Waals surface area contributed by atoms with Crippen molar-refractivity contribution in [2.75, 3.05) is 6.61 Å². The van der Waals surface area contributed by atoms with Crippen molar-refractivity contribution in [1.82, 2.24) is 10.0 Å². The third kappa shape index (κ3) is 6.56. The van der Waals surface area contributed by atoms with E-state index in [1.54, 1.807) is 24.3 Å². The summed E-state index contributed by atoms with van der Waals surface area (Å²) in [6.45, 7) is 6.24. The second kappa shape index (κ2) is 10.5. The molecule has 2 aromatic rings. The zero-order valence-corrected chi connectivity index (χ0v) is 20.3. The number of nitrogens with one attached hydrogen (secondary N) is 2. The average Bonchev–Trinajstić information content (AvgIpc) is 3.43. The van der Waals surface area contributed by atoms with Crippen molar-refractivity contribution in [3.63, 3.8) is 0 Å². The predicted octanol–water partition coefficient (Wildman–Crippen LogP) is 4.72. The number of hydrogen-bond donors (Lipinski definition) is 2. The van der Waals surface area contributed by atoms with Crippen LogP contribution >= 0.6 is 11.3 Å². The van der Waals surface area contributed by atoms with Gasteiger partial charge in [0.05, 0.1) is 6.61 Å². The molecule has 9 heteroatoms. The number of sulfonamides is 1. The van der Waals surface area contributed by atoms with Gasteiger partial charge in [-0.3, -0.25) is 4.79 Å². The van der Waals surface area contributed by atoms with Crippen molar-refractivity contribution in [3.8, 4) is 11.1 Å². The highest BCUT2D eigenvalue weighted by Gasteiger charge is 2.27. The molecule has 32 heavy (non-hydrogen) atoms. The number of rotatable bonds is 10. The molecule has 174 valence electrons. The number of carbonyl (C=O) groups excluding carboxylic acids is 2. The van der Waals surface area contributed by atoms with E-state index in [0.717, 1.165) is 41.9 Å². The second-order valence-corrected chi connectivity index (χ2v) is 11.4. The summed E-state index contributed by atoms with van der Waals surface area (Å²) in [6, 6.07) is 8.97. The lowest BCUT2D eigenvalue weighted by Crippen LogP contribution is -2.31. The maximum atomic E-state index is 13.0. The van der Waals surface area contributed by atoms with E-state index in [2.05, 4.69) is 19.2 Å². The summed E-state index contributed by atoms with van der Waals surface area (Å²) >= 11 is 1.15. The van der Waals surface area contributed by atoms with Crippen LogP contribution in [0.1, 0.15) is 61.7 Å². The molecule has 1 heterocycles. The Morgan fingerprint density at radius 3 is 2.47 bits per heavy atom. The first-order chi connectivity index (χ1) is 15.2. The van der Waals surface area contributed by atoms with E-state index in [0.29, 0.717) is 29.0 Å². The number of amides is 2. The fourth-order valence-electron chi connectivity index (χ4n) is 3.12. The molecule has 0 radical (unpaired) electrons. The summed E-state index contributed by atoms with van der Waals surface area (Å²) < 4.78 is 33.1. The summed E-state index contributed by atoms with van der Waals surface area (Å²) in [4.78, 5) is 25.2. The first kappa shape index (κ1) is 24.3. The van der Waals surface area contributed by atoms with Gasteiger partial charge in [0.25, 0.3) is 15.9 Å². The molecule has 1 aliphatic rings. The summed E-state index contributed by atoms with van der Waals surface area (Å²) in [5, 5.41) is 2.94. The van der Waals surface area contributed by atoms with Gasteiger partial charge in [-0.25, -0.2) is 17.9 Å².